The molecule has 0 fully saturated rings. The van der Waals surface area contributed by atoms with Crippen LogP contribution in [-0.2, 0) is 6.54 Å². The number of amides is 1. The number of nitrogens with zero attached hydrogens (tertiary/aromatic N) is 2. The molecule has 28 heavy (non-hydrogen) atoms. The molecule has 0 aliphatic carbocycles. The monoisotopic (exact) mass is 479 g/mol. The molecular formula is C23H18IN3O. The van der Waals surface area contributed by atoms with Gasteiger partial charge in [-0.2, -0.15) is 5.10 Å². The summed E-state index contributed by atoms with van der Waals surface area (Å²) in [6.45, 7) is 0.779. The maximum absolute atomic E-state index is 12.1. The van der Waals surface area contributed by atoms with Gasteiger partial charge >= 0.3 is 0 Å². The quantitative estimate of drug-likeness (QED) is 0.243. The van der Waals surface area contributed by atoms with E-state index in [2.05, 4.69) is 80.3 Å². The van der Waals surface area contributed by atoms with Crippen LogP contribution in [0.3, 0.4) is 0 Å². The topological polar surface area (TPSA) is 46.4 Å². The molecule has 0 atom stereocenters. The maximum atomic E-state index is 12.1. The number of hydrazone groups is 1. The lowest BCUT2D eigenvalue weighted by Gasteiger charge is -2.05. The fourth-order valence-electron chi connectivity index (χ4n) is 3.11. The van der Waals surface area contributed by atoms with Crippen LogP contribution in [0.1, 0.15) is 21.5 Å². The molecule has 0 saturated heterocycles. The fraction of sp³-hybridized carbons (Fsp3) is 0.0435. The van der Waals surface area contributed by atoms with Crippen molar-refractivity contribution in [1.29, 1.82) is 0 Å². The summed E-state index contributed by atoms with van der Waals surface area (Å²) < 4.78 is 3.43. The highest BCUT2D eigenvalue weighted by molar-refractivity contribution is 14.1. The molecular weight excluding hydrogens is 461 g/mol. The third kappa shape index (κ3) is 4.14. The molecule has 0 aliphatic heterocycles. The Balaban J connectivity index is 1.57. The van der Waals surface area contributed by atoms with Crippen LogP contribution in [0.5, 0.6) is 0 Å². The molecule has 0 bridgehead atoms. The van der Waals surface area contributed by atoms with Gasteiger partial charge in [0, 0.05) is 38.3 Å². The van der Waals surface area contributed by atoms with Gasteiger partial charge in [0.25, 0.3) is 5.91 Å². The maximum Gasteiger partial charge on any atom is 0.271 e. The van der Waals surface area contributed by atoms with Crippen molar-refractivity contribution < 1.29 is 4.79 Å². The molecule has 0 unspecified atom stereocenters. The van der Waals surface area contributed by atoms with Crippen molar-refractivity contribution in [3.63, 3.8) is 0 Å². The normalized spacial score (nSPS) is 11.2. The van der Waals surface area contributed by atoms with Crippen molar-refractivity contribution in [1.82, 2.24) is 9.99 Å². The third-order valence-electron chi connectivity index (χ3n) is 4.49. The molecule has 1 aromatic heterocycles. The van der Waals surface area contributed by atoms with Gasteiger partial charge in [-0.25, -0.2) is 5.43 Å². The zero-order chi connectivity index (χ0) is 19.3. The molecule has 4 aromatic rings. The van der Waals surface area contributed by atoms with Crippen molar-refractivity contribution in [3.05, 3.63) is 105 Å². The Kier molecular flexibility index (Phi) is 5.53. The van der Waals surface area contributed by atoms with E-state index in [-0.39, 0.29) is 5.91 Å². The number of benzene rings is 3. The molecule has 3 aromatic carbocycles. The van der Waals surface area contributed by atoms with Crippen LogP contribution >= 0.6 is 22.6 Å². The number of hydrogen-bond donors (Lipinski definition) is 1. The number of aromatic nitrogens is 1. The smallest absolute Gasteiger partial charge is 0.271 e. The second-order valence-electron chi connectivity index (χ2n) is 6.42. The van der Waals surface area contributed by atoms with E-state index in [1.54, 1.807) is 18.3 Å². The van der Waals surface area contributed by atoms with Crippen LogP contribution in [-0.4, -0.2) is 16.7 Å². The first-order valence-electron chi connectivity index (χ1n) is 8.91. The van der Waals surface area contributed by atoms with E-state index in [1.165, 1.54) is 9.13 Å². The minimum absolute atomic E-state index is 0.223. The number of rotatable bonds is 5. The number of fused-ring (bicyclic) bond motifs is 1. The van der Waals surface area contributed by atoms with Crippen LogP contribution in [0.4, 0.5) is 0 Å². The summed E-state index contributed by atoms with van der Waals surface area (Å²) >= 11 is 2.31. The largest absolute Gasteiger partial charge is 0.342 e. The summed E-state index contributed by atoms with van der Waals surface area (Å²) in [6, 6.07) is 25.8. The zero-order valence-corrected chi connectivity index (χ0v) is 17.2. The molecule has 1 amide bonds. The Morgan fingerprint density at radius 2 is 1.68 bits per heavy atom. The third-order valence-corrected chi connectivity index (χ3v) is 5.21. The summed E-state index contributed by atoms with van der Waals surface area (Å²) in [4.78, 5) is 12.1. The zero-order valence-electron chi connectivity index (χ0n) is 15.0. The minimum Gasteiger partial charge on any atom is -0.342 e. The number of nitrogens with one attached hydrogen (secondary N) is 1. The van der Waals surface area contributed by atoms with Crippen LogP contribution < -0.4 is 5.43 Å². The summed E-state index contributed by atoms with van der Waals surface area (Å²) in [5.41, 5.74) is 6.52. The molecule has 1 N–H and O–H groups in total. The number of halogens is 1. The fourth-order valence-corrected chi connectivity index (χ4v) is 3.47. The van der Waals surface area contributed by atoms with Crippen LogP contribution in [0.25, 0.3) is 10.9 Å². The van der Waals surface area contributed by atoms with E-state index in [4.69, 9.17) is 0 Å². The highest BCUT2D eigenvalue weighted by Gasteiger charge is 2.08. The van der Waals surface area contributed by atoms with Gasteiger partial charge in [0.05, 0.1) is 6.21 Å². The first-order valence-corrected chi connectivity index (χ1v) is 9.99. The van der Waals surface area contributed by atoms with Crippen molar-refractivity contribution in [3.8, 4) is 0 Å². The Labute approximate surface area is 177 Å². The van der Waals surface area contributed by atoms with E-state index in [9.17, 15) is 4.79 Å². The number of carbonyl (C=O) groups is 1. The number of hydrogen-bond acceptors (Lipinski definition) is 2. The minimum atomic E-state index is -0.223. The van der Waals surface area contributed by atoms with Crippen molar-refractivity contribution in [2.45, 2.75) is 6.54 Å². The average molecular weight is 479 g/mol. The molecule has 5 heteroatoms. The molecule has 4 rings (SSSR count). The van der Waals surface area contributed by atoms with E-state index >= 15 is 0 Å². The van der Waals surface area contributed by atoms with Crippen LogP contribution in [0.15, 0.2) is 90.2 Å². The van der Waals surface area contributed by atoms with E-state index in [0.717, 1.165) is 23.0 Å². The Morgan fingerprint density at radius 3 is 2.46 bits per heavy atom. The number of para-hydroxylation sites is 1. The summed E-state index contributed by atoms with van der Waals surface area (Å²) in [5, 5.41) is 5.26. The average Bonchev–Trinajstić information content (AvgIpc) is 3.08. The number of carbonyl (C=O) groups excluding carboxylic acids is 1. The first-order chi connectivity index (χ1) is 13.7. The van der Waals surface area contributed by atoms with E-state index in [1.807, 2.05) is 30.3 Å². The molecule has 0 aliphatic rings. The lowest BCUT2D eigenvalue weighted by Crippen LogP contribution is -2.17. The Morgan fingerprint density at radius 1 is 0.964 bits per heavy atom. The van der Waals surface area contributed by atoms with Gasteiger partial charge in [0.2, 0.25) is 0 Å². The summed E-state index contributed by atoms with van der Waals surface area (Å²) in [7, 11) is 0. The summed E-state index contributed by atoms with van der Waals surface area (Å²) in [6.07, 6.45) is 3.77. The highest BCUT2D eigenvalue weighted by atomic mass is 127. The molecule has 138 valence electrons. The molecule has 1 heterocycles. The standard InChI is InChI=1S/C23H18IN3O/c24-20-12-10-17(11-13-20)15-27-16-19(21-8-4-5-9-22(21)27)14-25-26-23(28)18-6-2-1-3-7-18/h1-14,16H,15H2,(H,26,28)/b25-14-. The van der Waals surface area contributed by atoms with Crippen molar-refractivity contribution in [2.24, 2.45) is 5.10 Å². The molecule has 0 saturated carbocycles. The van der Waals surface area contributed by atoms with Gasteiger partial charge in [0.15, 0.2) is 0 Å². The Hall–Kier alpha value is -2.93. The van der Waals surface area contributed by atoms with Crippen molar-refractivity contribution in [2.75, 3.05) is 0 Å². The SMILES string of the molecule is O=C(N/N=C\c1cn(Cc2ccc(I)cc2)c2ccccc12)c1ccccc1. The van der Waals surface area contributed by atoms with Gasteiger partial charge in [0.1, 0.15) is 0 Å². The lowest BCUT2D eigenvalue weighted by atomic mass is 10.2. The van der Waals surface area contributed by atoms with Gasteiger partial charge in [-0.3, -0.25) is 4.79 Å². The van der Waals surface area contributed by atoms with Crippen LogP contribution in [0.2, 0.25) is 0 Å². The molecule has 0 radical (unpaired) electrons. The second-order valence-corrected chi connectivity index (χ2v) is 7.67. The molecule has 4 nitrogen and oxygen atoms in total. The van der Waals surface area contributed by atoms with Crippen molar-refractivity contribution >= 4 is 45.6 Å². The lowest BCUT2D eigenvalue weighted by molar-refractivity contribution is 0.0955. The van der Waals surface area contributed by atoms with Gasteiger partial charge in [-0.1, -0.05) is 48.5 Å². The predicted octanol–water partition coefficient (Wildman–Crippen LogP) is 5.06. The summed E-state index contributed by atoms with van der Waals surface area (Å²) in [5.74, 6) is -0.223. The molecule has 0 spiro atoms. The second kappa shape index (κ2) is 8.39. The Bertz CT molecular complexity index is 1130. The van der Waals surface area contributed by atoms with Crippen LogP contribution in [0, 0.1) is 3.57 Å². The van der Waals surface area contributed by atoms with Gasteiger partial charge in [-0.05, 0) is 58.5 Å². The van der Waals surface area contributed by atoms with Gasteiger partial charge in [-0.15, -0.1) is 0 Å². The first kappa shape index (κ1) is 18.4. The van der Waals surface area contributed by atoms with Gasteiger partial charge < -0.3 is 4.57 Å². The highest BCUT2D eigenvalue weighted by Crippen LogP contribution is 2.21. The van der Waals surface area contributed by atoms with E-state index < -0.39 is 0 Å². The predicted molar refractivity (Wildman–Crippen MR) is 122 cm³/mol. The van der Waals surface area contributed by atoms with E-state index in [0.29, 0.717) is 5.56 Å².